The molecule has 1 aromatic carbocycles. The highest BCUT2D eigenvalue weighted by Crippen LogP contribution is 2.12. The largest absolute Gasteiger partial charge is 0.351 e. The molecule has 1 aliphatic rings. The maximum atomic E-state index is 12.4. The molecule has 0 unspecified atom stereocenters. The third kappa shape index (κ3) is 3.46. The van der Waals surface area contributed by atoms with Gasteiger partial charge >= 0.3 is 0 Å². The van der Waals surface area contributed by atoms with Crippen LogP contribution >= 0.6 is 0 Å². The van der Waals surface area contributed by atoms with Crippen LogP contribution in [0.3, 0.4) is 0 Å². The second-order valence-electron chi connectivity index (χ2n) is 5.12. The SMILES string of the molecule is O=C(NCCN1CCNCC1)c1ccccc1-n1cnnn1. The Bertz CT molecular complexity index is 607. The van der Waals surface area contributed by atoms with Crippen LogP contribution in [0, 0.1) is 0 Å². The van der Waals surface area contributed by atoms with Crippen LogP contribution in [0.15, 0.2) is 30.6 Å². The lowest BCUT2D eigenvalue weighted by Gasteiger charge is -2.27. The van der Waals surface area contributed by atoms with E-state index in [0.717, 1.165) is 32.7 Å². The third-order valence-electron chi connectivity index (χ3n) is 3.67. The Hall–Kier alpha value is -2.32. The first-order chi connectivity index (χ1) is 10.8. The minimum atomic E-state index is -0.110. The fourth-order valence-electron chi connectivity index (χ4n) is 2.49. The number of amides is 1. The van der Waals surface area contributed by atoms with Crippen LogP contribution in [0.25, 0.3) is 5.69 Å². The average Bonchev–Trinajstić information content (AvgIpc) is 3.10. The van der Waals surface area contributed by atoms with E-state index in [4.69, 9.17) is 0 Å². The van der Waals surface area contributed by atoms with E-state index in [1.807, 2.05) is 18.2 Å². The van der Waals surface area contributed by atoms with Crippen LogP contribution < -0.4 is 10.6 Å². The zero-order valence-corrected chi connectivity index (χ0v) is 12.3. The summed E-state index contributed by atoms with van der Waals surface area (Å²) in [5.74, 6) is -0.110. The van der Waals surface area contributed by atoms with Gasteiger partial charge in [0.1, 0.15) is 6.33 Å². The van der Waals surface area contributed by atoms with E-state index in [0.29, 0.717) is 17.8 Å². The molecule has 0 bridgehead atoms. The molecule has 22 heavy (non-hydrogen) atoms. The summed E-state index contributed by atoms with van der Waals surface area (Å²) in [7, 11) is 0. The number of nitrogens with one attached hydrogen (secondary N) is 2. The van der Waals surface area contributed by atoms with Gasteiger partial charge in [-0.15, -0.1) is 5.10 Å². The normalized spacial score (nSPS) is 15.6. The molecule has 0 saturated carbocycles. The Kier molecular flexibility index (Phi) is 4.71. The van der Waals surface area contributed by atoms with E-state index >= 15 is 0 Å². The Morgan fingerprint density at radius 2 is 2.09 bits per heavy atom. The van der Waals surface area contributed by atoms with Crippen molar-refractivity contribution in [3.05, 3.63) is 36.2 Å². The van der Waals surface area contributed by atoms with Crippen molar-refractivity contribution in [3.8, 4) is 5.69 Å². The van der Waals surface area contributed by atoms with Crippen LogP contribution in [0.1, 0.15) is 10.4 Å². The summed E-state index contributed by atoms with van der Waals surface area (Å²) in [5.41, 5.74) is 1.24. The summed E-state index contributed by atoms with van der Waals surface area (Å²) in [4.78, 5) is 14.7. The van der Waals surface area contributed by atoms with Crippen molar-refractivity contribution in [2.45, 2.75) is 0 Å². The number of carbonyl (C=O) groups excluding carboxylic acids is 1. The van der Waals surface area contributed by atoms with Gasteiger partial charge in [-0.1, -0.05) is 12.1 Å². The van der Waals surface area contributed by atoms with Gasteiger partial charge in [-0.3, -0.25) is 9.69 Å². The molecule has 0 atom stereocenters. The highest BCUT2D eigenvalue weighted by atomic mass is 16.1. The number of tetrazole rings is 1. The summed E-state index contributed by atoms with van der Waals surface area (Å²) in [6, 6.07) is 7.28. The van der Waals surface area contributed by atoms with Crippen molar-refractivity contribution < 1.29 is 4.79 Å². The van der Waals surface area contributed by atoms with Gasteiger partial charge in [0, 0.05) is 39.3 Å². The molecule has 0 radical (unpaired) electrons. The summed E-state index contributed by atoms with van der Waals surface area (Å²) < 4.78 is 1.49. The molecule has 0 aliphatic carbocycles. The third-order valence-corrected chi connectivity index (χ3v) is 3.67. The molecule has 0 spiro atoms. The van der Waals surface area contributed by atoms with Gasteiger partial charge in [0.25, 0.3) is 5.91 Å². The minimum Gasteiger partial charge on any atom is -0.351 e. The number of rotatable bonds is 5. The predicted octanol–water partition coefficient (Wildman–Crippen LogP) is -0.703. The molecule has 1 aromatic heterocycles. The monoisotopic (exact) mass is 301 g/mol. The van der Waals surface area contributed by atoms with E-state index in [2.05, 4.69) is 31.1 Å². The first-order valence-electron chi connectivity index (χ1n) is 7.38. The van der Waals surface area contributed by atoms with E-state index in [1.54, 1.807) is 6.07 Å². The van der Waals surface area contributed by atoms with Gasteiger partial charge in [0.05, 0.1) is 11.3 Å². The standard InChI is InChI=1S/C14H19N7O/c22-14(16-7-10-20-8-5-15-6-9-20)12-3-1-2-4-13(12)21-11-17-18-19-21/h1-4,11,15H,5-10H2,(H,16,22). The fraction of sp³-hybridized carbons (Fsp3) is 0.429. The first kappa shape index (κ1) is 14.6. The Morgan fingerprint density at radius 1 is 1.27 bits per heavy atom. The van der Waals surface area contributed by atoms with Crippen LogP contribution in [0.5, 0.6) is 0 Å². The Labute approximate surface area is 128 Å². The van der Waals surface area contributed by atoms with Gasteiger partial charge in [-0.2, -0.15) is 4.68 Å². The second-order valence-corrected chi connectivity index (χ2v) is 5.12. The van der Waals surface area contributed by atoms with Crippen molar-refractivity contribution in [1.29, 1.82) is 0 Å². The van der Waals surface area contributed by atoms with Crippen LogP contribution in [0.4, 0.5) is 0 Å². The summed E-state index contributed by atoms with van der Waals surface area (Å²) in [6.45, 7) is 5.56. The molecule has 8 nitrogen and oxygen atoms in total. The van der Waals surface area contributed by atoms with E-state index in [9.17, 15) is 4.79 Å². The number of piperazine rings is 1. The van der Waals surface area contributed by atoms with Crippen LogP contribution in [-0.2, 0) is 0 Å². The predicted molar refractivity (Wildman–Crippen MR) is 80.8 cm³/mol. The number of nitrogens with zero attached hydrogens (tertiary/aromatic N) is 5. The number of aromatic nitrogens is 4. The van der Waals surface area contributed by atoms with Crippen molar-refractivity contribution in [3.63, 3.8) is 0 Å². The lowest BCUT2D eigenvalue weighted by Crippen LogP contribution is -2.46. The van der Waals surface area contributed by atoms with Gasteiger partial charge < -0.3 is 10.6 Å². The molecule has 2 heterocycles. The first-order valence-corrected chi connectivity index (χ1v) is 7.38. The van der Waals surface area contributed by atoms with E-state index in [1.165, 1.54) is 11.0 Å². The number of hydrogen-bond donors (Lipinski definition) is 2. The van der Waals surface area contributed by atoms with Gasteiger partial charge in [0.2, 0.25) is 0 Å². The fourth-order valence-corrected chi connectivity index (χ4v) is 2.49. The number of carbonyl (C=O) groups is 1. The molecule has 1 aliphatic heterocycles. The molecule has 2 N–H and O–H groups in total. The Morgan fingerprint density at radius 3 is 2.86 bits per heavy atom. The highest BCUT2D eigenvalue weighted by Gasteiger charge is 2.14. The Balaban J connectivity index is 1.60. The van der Waals surface area contributed by atoms with Crippen molar-refractivity contribution in [2.24, 2.45) is 0 Å². The van der Waals surface area contributed by atoms with Crippen LogP contribution in [-0.4, -0.2) is 70.3 Å². The summed E-state index contributed by atoms with van der Waals surface area (Å²) in [5, 5.41) is 17.3. The van der Waals surface area contributed by atoms with E-state index < -0.39 is 0 Å². The maximum Gasteiger partial charge on any atom is 0.253 e. The highest BCUT2D eigenvalue weighted by molar-refractivity contribution is 5.97. The molecule has 1 fully saturated rings. The van der Waals surface area contributed by atoms with Crippen LogP contribution in [0.2, 0.25) is 0 Å². The van der Waals surface area contributed by atoms with Gasteiger partial charge in [-0.05, 0) is 22.6 Å². The lowest BCUT2D eigenvalue weighted by atomic mass is 10.1. The maximum absolute atomic E-state index is 12.4. The van der Waals surface area contributed by atoms with Crippen molar-refractivity contribution in [2.75, 3.05) is 39.3 Å². The molecule has 1 amide bonds. The molecule has 116 valence electrons. The zero-order chi connectivity index (χ0) is 15.2. The lowest BCUT2D eigenvalue weighted by molar-refractivity contribution is 0.0947. The number of benzene rings is 1. The average molecular weight is 301 g/mol. The number of para-hydroxylation sites is 1. The number of hydrogen-bond acceptors (Lipinski definition) is 6. The zero-order valence-electron chi connectivity index (χ0n) is 12.3. The van der Waals surface area contributed by atoms with Gasteiger partial charge in [0.15, 0.2) is 0 Å². The molecular weight excluding hydrogens is 282 g/mol. The molecule has 2 aromatic rings. The quantitative estimate of drug-likeness (QED) is 0.759. The minimum absolute atomic E-state index is 0.110. The van der Waals surface area contributed by atoms with Gasteiger partial charge in [-0.25, -0.2) is 0 Å². The van der Waals surface area contributed by atoms with Crippen molar-refractivity contribution >= 4 is 5.91 Å². The second kappa shape index (κ2) is 7.10. The summed E-state index contributed by atoms with van der Waals surface area (Å²) in [6.07, 6.45) is 1.48. The van der Waals surface area contributed by atoms with Crippen molar-refractivity contribution in [1.82, 2.24) is 35.7 Å². The molecular formula is C14H19N7O. The van der Waals surface area contributed by atoms with E-state index in [-0.39, 0.29) is 5.91 Å². The smallest absolute Gasteiger partial charge is 0.253 e. The summed E-state index contributed by atoms with van der Waals surface area (Å²) >= 11 is 0. The topological polar surface area (TPSA) is 88.0 Å². The molecule has 3 rings (SSSR count). The molecule has 1 saturated heterocycles. The molecule has 8 heteroatoms.